The van der Waals surface area contributed by atoms with Crippen molar-refractivity contribution in [1.29, 1.82) is 0 Å². The van der Waals surface area contributed by atoms with E-state index in [0.29, 0.717) is 6.61 Å². The van der Waals surface area contributed by atoms with Gasteiger partial charge in [-0.25, -0.2) is 4.98 Å². The molecule has 2 heterocycles. The molecule has 0 aliphatic heterocycles. The zero-order chi connectivity index (χ0) is 18.2. The predicted octanol–water partition coefficient (Wildman–Crippen LogP) is 5.37. The second-order valence-electron chi connectivity index (χ2n) is 6.46. The fourth-order valence-corrected chi connectivity index (χ4v) is 2.99. The van der Waals surface area contributed by atoms with Gasteiger partial charge in [0.25, 0.3) is 0 Å². The number of unbranched alkanes of at least 4 members (excludes halogenated alkanes) is 5. The highest BCUT2D eigenvalue weighted by Crippen LogP contribution is 2.33. The summed E-state index contributed by atoms with van der Waals surface area (Å²) in [6, 6.07) is 7.74. The number of fused-ring (bicyclic) bond motifs is 1. The van der Waals surface area contributed by atoms with Crippen molar-refractivity contribution in [2.45, 2.75) is 45.4 Å². The molecule has 5 nitrogen and oxygen atoms in total. The van der Waals surface area contributed by atoms with E-state index in [-0.39, 0.29) is 0 Å². The second-order valence-corrected chi connectivity index (χ2v) is 6.46. The first kappa shape index (κ1) is 18.2. The summed E-state index contributed by atoms with van der Waals surface area (Å²) < 4.78 is 11.4. The summed E-state index contributed by atoms with van der Waals surface area (Å²) in [5.74, 6) is 2.36. The number of rotatable bonds is 10. The van der Waals surface area contributed by atoms with Gasteiger partial charge in [-0.05, 0) is 24.6 Å². The summed E-state index contributed by atoms with van der Waals surface area (Å²) in [6.07, 6.45) is 11.0. The molecule has 0 radical (unpaired) electrons. The van der Waals surface area contributed by atoms with Gasteiger partial charge in [-0.15, -0.1) is 0 Å². The quantitative estimate of drug-likeness (QED) is 0.498. The first-order valence-corrected chi connectivity index (χ1v) is 9.42. The van der Waals surface area contributed by atoms with Crippen molar-refractivity contribution in [1.82, 2.24) is 15.0 Å². The normalized spacial score (nSPS) is 11.0. The lowest BCUT2D eigenvalue weighted by Gasteiger charge is -2.12. The van der Waals surface area contributed by atoms with Gasteiger partial charge in [0.15, 0.2) is 0 Å². The molecule has 0 spiro atoms. The van der Waals surface area contributed by atoms with Crippen LogP contribution in [0.1, 0.15) is 45.4 Å². The number of nitrogens with one attached hydrogen (secondary N) is 1. The fraction of sp³-hybridized carbons (Fsp3) is 0.429. The third-order valence-electron chi connectivity index (χ3n) is 4.48. The molecule has 0 saturated heterocycles. The Morgan fingerprint density at radius 2 is 1.88 bits per heavy atom. The average molecular weight is 353 g/mol. The third-order valence-corrected chi connectivity index (χ3v) is 4.48. The van der Waals surface area contributed by atoms with Crippen molar-refractivity contribution >= 4 is 11.0 Å². The molecule has 0 atom stereocenters. The highest BCUT2D eigenvalue weighted by Gasteiger charge is 2.12. The molecule has 0 amide bonds. The Morgan fingerprint density at radius 1 is 1.04 bits per heavy atom. The zero-order valence-electron chi connectivity index (χ0n) is 15.6. The first-order chi connectivity index (χ1) is 12.8. The number of pyridine rings is 1. The Hall–Kier alpha value is -2.56. The molecule has 5 heteroatoms. The van der Waals surface area contributed by atoms with Crippen molar-refractivity contribution in [3.63, 3.8) is 0 Å². The van der Waals surface area contributed by atoms with Gasteiger partial charge in [-0.2, -0.15) is 0 Å². The topological polar surface area (TPSA) is 60.0 Å². The minimum absolute atomic E-state index is 0.702. The molecule has 26 heavy (non-hydrogen) atoms. The van der Waals surface area contributed by atoms with Crippen LogP contribution in [0.25, 0.3) is 22.4 Å². The van der Waals surface area contributed by atoms with Crippen LogP contribution in [0.3, 0.4) is 0 Å². The molecular weight excluding hydrogens is 326 g/mol. The number of hydrogen-bond acceptors (Lipinski definition) is 4. The molecule has 2 aromatic heterocycles. The molecule has 0 fully saturated rings. The second kappa shape index (κ2) is 9.22. The van der Waals surface area contributed by atoms with Crippen molar-refractivity contribution in [2.24, 2.45) is 0 Å². The number of nitrogens with zero attached hydrogens (tertiary/aromatic N) is 2. The molecular formula is C21H27N3O2. The molecule has 0 aliphatic rings. The Morgan fingerprint density at radius 3 is 2.69 bits per heavy atom. The van der Waals surface area contributed by atoms with E-state index >= 15 is 0 Å². The van der Waals surface area contributed by atoms with Gasteiger partial charge in [-0.3, -0.25) is 4.98 Å². The van der Waals surface area contributed by atoms with Gasteiger partial charge in [0.05, 0.1) is 36.5 Å². The summed E-state index contributed by atoms with van der Waals surface area (Å²) in [4.78, 5) is 12.1. The average Bonchev–Trinajstić information content (AvgIpc) is 3.11. The van der Waals surface area contributed by atoms with Crippen molar-refractivity contribution < 1.29 is 9.47 Å². The van der Waals surface area contributed by atoms with Crippen LogP contribution >= 0.6 is 0 Å². The molecule has 3 rings (SSSR count). The minimum atomic E-state index is 0.702. The van der Waals surface area contributed by atoms with Crippen LogP contribution in [0.2, 0.25) is 0 Å². The molecule has 1 N–H and O–H groups in total. The SMILES string of the molecule is CCCCCCCCOc1cc(OC)ccc1-c1nc2ccncc2[nH]1. The zero-order valence-corrected chi connectivity index (χ0v) is 15.6. The first-order valence-electron chi connectivity index (χ1n) is 9.42. The summed E-state index contributed by atoms with van der Waals surface area (Å²) in [6.45, 7) is 2.94. The van der Waals surface area contributed by atoms with Crippen LogP contribution in [0.4, 0.5) is 0 Å². The molecule has 138 valence electrons. The molecule has 0 aliphatic carbocycles. The number of aromatic amines is 1. The lowest BCUT2D eigenvalue weighted by Crippen LogP contribution is -2.00. The van der Waals surface area contributed by atoms with E-state index in [1.54, 1.807) is 19.5 Å². The van der Waals surface area contributed by atoms with Crippen molar-refractivity contribution in [3.05, 3.63) is 36.7 Å². The van der Waals surface area contributed by atoms with Crippen LogP contribution < -0.4 is 9.47 Å². The van der Waals surface area contributed by atoms with Crippen LogP contribution in [-0.2, 0) is 0 Å². The summed E-state index contributed by atoms with van der Waals surface area (Å²) >= 11 is 0. The molecule has 3 aromatic rings. The van der Waals surface area contributed by atoms with E-state index in [0.717, 1.165) is 40.3 Å². The number of ether oxygens (including phenoxy) is 2. The van der Waals surface area contributed by atoms with Crippen LogP contribution in [-0.4, -0.2) is 28.7 Å². The van der Waals surface area contributed by atoms with Gasteiger partial charge >= 0.3 is 0 Å². The Bertz CT molecular complexity index is 796. The Balaban J connectivity index is 1.71. The van der Waals surface area contributed by atoms with Crippen LogP contribution in [0.15, 0.2) is 36.7 Å². The Kier molecular flexibility index (Phi) is 6.47. The summed E-state index contributed by atoms with van der Waals surface area (Å²) in [5, 5.41) is 0. The summed E-state index contributed by atoms with van der Waals surface area (Å²) in [5.41, 5.74) is 2.75. The lowest BCUT2D eigenvalue weighted by atomic mass is 10.1. The van der Waals surface area contributed by atoms with E-state index in [4.69, 9.17) is 9.47 Å². The monoisotopic (exact) mass is 353 g/mol. The van der Waals surface area contributed by atoms with E-state index in [1.165, 1.54) is 32.1 Å². The summed E-state index contributed by atoms with van der Waals surface area (Å²) in [7, 11) is 1.67. The van der Waals surface area contributed by atoms with Crippen LogP contribution in [0, 0.1) is 0 Å². The maximum Gasteiger partial charge on any atom is 0.142 e. The largest absolute Gasteiger partial charge is 0.497 e. The highest BCUT2D eigenvalue weighted by atomic mass is 16.5. The molecule has 0 saturated carbocycles. The smallest absolute Gasteiger partial charge is 0.142 e. The number of hydrogen-bond donors (Lipinski definition) is 1. The Labute approximate surface area is 154 Å². The van der Waals surface area contributed by atoms with E-state index < -0.39 is 0 Å². The number of aromatic nitrogens is 3. The molecule has 0 bridgehead atoms. The van der Waals surface area contributed by atoms with E-state index in [1.807, 2.05) is 24.3 Å². The van der Waals surface area contributed by atoms with Gasteiger partial charge in [0.2, 0.25) is 0 Å². The van der Waals surface area contributed by atoms with Crippen LogP contribution in [0.5, 0.6) is 11.5 Å². The van der Waals surface area contributed by atoms with Crippen molar-refractivity contribution in [2.75, 3.05) is 13.7 Å². The molecule has 1 aromatic carbocycles. The number of imidazole rings is 1. The standard InChI is InChI=1S/C21H27N3O2/c1-3-4-5-6-7-8-13-26-20-14-16(25-2)9-10-17(20)21-23-18-11-12-22-15-19(18)24-21/h9-12,14-15H,3-8,13H2,1-2H3,(H,23,24). The van der Waals surface area contributed by atoms with Gasteiger partial charge in [0.1, 0.15) is 17.3 Å². The van der Waals surface area contributed by atoms with E-state index in [2.05, 4.69) is 21.9 Å². The number of benzene rings is 1. The number of H-pyrrole nitrogens is 1. The highest BCUT2D eigenvalue weighted by molar-refractivity contribution is 5.80. The lowest BCUT2D eigenvalue weighted by molar-refractivity contribution is 0.303. The van der Waals surface area contributed by atoms with Gasteiger partial charge in [0, 0.05) is 12.3 Å². The van der Waals surface area contributed by atoms with Gasteiger partial charge in [-0.1, -0.05) is 39.0 Å². The maximum atomic E-state index is 6.08. The van der Waals surface area contributed by atoms with E-state index in [9.17, 15) is 0 Å². The maximum absolute atomic E-state index is 6.08. The van der Waals surface area contributed by atoms with Gasteiger partial charge < -0.3 is 14.5 Å². The fourth-order valence-electron chi connectivity index (χ4n) is 2.99. The van der Waals surface area contributed by atoms with Crippen molar-refractivity contribution in [3.8, 4) is 22.9 Å². The third kappa shape index (κ3) is 4.54. The minimum Gasteiger partial charge on any atom is -0.497 e. The molecule has 0 unspecified atom stereocenters. The number of methoxy groups -OCH3 is 1. The predicted molar refractivity (Wildman–Crippen MR) is 105 cm³/mol.